The third kappa shape index (κ3) is 2.61. The maximum atomic E-state index is 8.63. The van der Waals surface area contributed by atoms with Gasteiger partial charge in [0.15, 0.2) is 0 Å². The number of allylic oxidation sites excluding steroid dienone is 1. The van der Waals surface area contributed by atoms with Gasteiger partial charge in [-0.05, 0) is 33.6 Å². The highest BCUT2D eigenvalue weighted by Crippen LogP contribution is 2.29. The van der Waals surface area contributed by atoms with E-state index in [1.54, 1.807) is 0 Å². The third-order valence-corrected chi connectivity index (χ3v) is 2.60. The van der Waals surface area contributed by atoms with Gasteiger partial charge in [-0.1, -0.05) is 11.6 Å². The predicted octanol–water partition coefficient (Wildman–Crippen LogP) is 1.46. The predicted molar refractivity (Wildman–Crippen MR) is 51.1 cm³/mol. The number of hydrogen-bond donors (Lipinski definition) is 2. The van der Waals surface area contributed by atoms with Crippen LogP contribution in [0.15, 0.2) is 11.6 Å². The molecule has 0 aromatic carbocycles. The third-order valence-electron chi connectivity index (χ3n) is 2.60. The molecule has 1 fully saturated rings. The van der Waals surface area contributed by atoms with E-state index in [0.717, 1.165) is 6.42 Å². The number of aliphatic hydroxyl groups is 1. The molecule has 0 aliphatic carbocycles. The van der Waals surface area contributed by atoms with Crippen LogP contribution < -0.4 is 5.32 Å². The Labute approximate surface area is 74.7 Å². The van der Waals surface area contributed by atoms with Crippen molar-refractivity contribution in [3.63, 3.8) is 0 Å². The summed E-state index contributed by atoms with van der Waals surface area (Å²) in [5, 5.41) is 12.0. The maximum absolute atomic E-state index is 8.63. The first-order valence-electron chi connectivity index (χ1n) is 4.60. The zero-order valence-corrected chi connectivity index (χ0v) is 8.22. The summed E-state index contributed by atoms with van der Waals surface area (Å²) in [4.78, 5) is 0. The van der Waals surface area contributed by atoms with Crippen LogP contribution in [0, 0.1) is 0 Å². The molecule has 1 saturated heterocycles. The molecular weight excluding hydrogens is 150 g/mol. The Bertz CT molecular complexity index is 184. The van der Waals surface area contributed by atoms with Gasteiger partial charge in [0.2, 0.25) is 0 Å². The summed E-state index contributed by atoms with van der Waals surface area (Å²) < 4.78 is 0. The summed E-state index contributed by atoms with van der Waals surface area (Å²) in [7, 11) is 0. The fourth-order valence-corrected chi connectivity index (χ4v) is 1.47. The van der Waals surface area contributed by atoms with Gasteiger partial charge in [-0.25, -0.2) is 0 Å². The first-order chi connectivity index (χ1) is 5.56. The molecule has 0 radical (unpaired) electrons. The summed E-state index contributed by atoms with van der Waals surface area (Å²) in [5.41, 5.74) is 1.65. The second-order valence-corrected chi connectivity index (χ2v) is 4.19. The Balaban J connectivity index is 2.15. The Morgan fingerprint density at radius 3 is 2.58 bits per heavy atom. The monoisotopic (exact) mass is 169 g/mol. The molecule has 2 nitrogen and oxygen atoms in total. The Kier molecular flexibility index (Phi) is 2.91. The highest BCUT2D eigenvalue weighted by Gasteiger charge is 2.43. The minimum absolute atomic E-state index is 0.174. The van der Waals surface area contributed by atoms with Crippen LogP contribution in [0.4, 0.5) is 0 Å². The van der Waals surface area contributed by atoms with E-state index >= 15 is 0 Å². The van der Waals surface area contributed by atoms with Gasteiger partial charge >= 0.3 is 0 Å². The SMILES string of the molecule is C/C(=C\CO)CC[C@@H]1NC1(C)C. The molecule has 1 heterocycles. The molecule has 2 heteroatoms. The molecule has 12 heavy (non-hydrogen) atoms. The van der Waals surface area contributed by atoms with Crippen LogP contribution in [0.1, 0.15) is 33.6 Å². The van der Waals surface area contributed by atoms with E-state index in [1.807, 2.05) is 6.08 Å². The molecule has 70 valence electrons. The second kappa shape index (κ2) is 3.58. The van der Waals surface area contributed by atoms with Gasteiger partial charge in [0.1, 0.15) is 0 Å². The van der Waals surface area contributed by atoms with E-state index in [9.17, 15) is 0 Å². The molecule has 0 spiro atoms. The van der Waals surface area contributed by atoms with Crippen LogP contribution >= 0.6 is 0 Å². The molecule has 0 bridgehead atoms. The zero-order valence-electron chi connectivity index (χ0n) is 8.22. The van der Waals surface area contributed by atoms with Crippen molar-refractivity contribution < 1.29 is 5.11 Å². The standard InChI is InChI=1S/C10H19NO/c1-8(6-7-12)4-5-9-10(2,3)11-9/h6,9,11-12H,4-5,7H2,1-3H3/b8-6+/t9-/m0/s1. The van der Waals surface area contributed by atoms with Crippen LogP contribution in [0.25, 0.3) is 0 Å². The Morgan fingerprint density at radius 2 is 2.17 bits per heavy atom. The number of nitrogens with one attached hydrogen (secondary N) is 1. The van der Waals surface area contributed by atoms with Gasteiger partial charge in [-0.15, -0.1) is 0 Å². The van der Waals surface area contributed by atoms with Crippen molar-refractivity contribution >= 4 is 0 Å². The lowest BCUT2D eigenvalue weighted by Gasteiger charge is -2.00. The maximum Gasteiger partial charge on any atom is 0.0614 e. The van der Waals surface area contributed by atoms with Crippen molar-refractivity contribution in [1.82, 2.24) is 5.32 Å². The molecule has 0 unspecified atom stereocenters. The molecule has 1 atom stereocenters. The minimum atomic E-state index is 0.174. The lowest BCUT2D eigenvalue weighted by molar-refractivity contribution is 0.341. The highest BCUT2D eigenvalue weighted by molar-refractivity contribution is 5.10. The fourth-order valence-electron chi connectivity index (χ4n) is 1.47. The van der Waals surface area contributed by atoms with Crippen LogP contribution in [-0.4, -0.2) is 23.3 Å². The molecule has 1 aliphatic heterocycles. The summed E-state index contributed by atoms with van der Waals surface area (Å²) in [6.45, 7) is 6.70. The van der Waals surface area contributed by atoms with E-state index in [4.69, 9.17) is 5.11 Å². The van der Waals surface area contributed by atoms with Gasteiger partial charge < -0.3 is 10.4 Å². The van der Waals surface area contributed by atoms with Gasteiger partial charge in [0.05, 0.1) is 6.61 Å². The van der Waals surface area contributed by atoms with Crippen LogP contribution in [0.5, 0.6) is 0 Å². The summed E-state index contributed by atoms with van der Waals surface area (Å²) in [6, 6.07) is 0.680. The van der Waals surface area contributed by atoms with Gasteiger partial charge in [0.25, 0.3) is 0 Å². The average Bonchev–Trinajstić information content (AvgIpc) is 2.56. The van der Waals surface area contributed by atoms with Crippen molar-refractivity contribution in [3.05, 3.63) is 11.6 Å². The average molecular weight is 169 g/mol. The summed E-state index contributed by atoms with van der Waals surface area (Å²) in [5.74, 6) is 0. The quantitative estimate of drug-likeness (QED) is 0.494. The van der Waals surface area contributed by atoms with Crippen molar-refractivity contribution in [2.24, 2.45) is 0 Å². The second-order valence-electron chi connectivity index (χ2n) is 4.19. The van der Waals surface area contributed by atoms with E-state index < -0.39 is 0 Å². The van der Waals surface area contributed by atoms with Crippen molar-refractivity contribution in [1.29, 1.82) is 0 Å². The lowest BCUT2D eigenvalue weighted by atomic mass is 10.0. The molecule has 0 amide bonds. The van der Waals surface area contributed by atoms with Crippen molar-refractivity contribution in [2.45, 2.75) is 45.2 Å². The molecule has 2 N–H and O–H groups in total. The largest absolute Gasteiger partial charge is 0.392 e. The smallest absolute Gasteiger partial charge is 0.0614 e. The molecule has 1 aliphatic rings. The Morgan fingerprint density at radius 1 is 1.58 bits per heavy atom. The molecular formula is C10H19NO. The van der Waals surface area contributed by atoms with E-state index in [1.165, 1.54) is 12.0 Å². The molecule has 0 saturated carbocycles. The van der Waals surface area contributed by atoms with Gasteiger partial charge in [-0.2, -0.15) is 0 Å². The van der Waals surface area contributed by atoms with E-state index in [-0.39, 0.29) is 6.61 Å². The summed E-state index contributed by atoms with van der Waals surface area (Å²) in [6.07, 6.45) is 4.17. The molecule has 0 aromatic rings. The number of rotatable bonds is 4. The van der Waals surface area contributed by atoms with E-state index in [0.29, 0.717) is 11.6 Å². The van der Waals surface area contributed by atoms with Crippen LogP contribution in [-0.2, 0) is 0 Å². The first-order valence-corrected chi connectivity index (χ1v) is 4.60. The van der Waals surface area contributed by atoms with Crippen LogP contribution in [0.2, 0.25) is 0 Å². The summed E-state index contributed by atoms with van der Waals surface area (Å²) >= 11 is 0. The number of hydrogen-bond acceptors (Lipinski definition) is 2. The van der Waals surface area contributed by atoms with Crippen molar-refractivity contribution in [3.8, 4) is 0 Å². The van der Waals surface area contributed by atoms with Gasteiger partial charge in [-0.3, -0.25) is 0 Å². The number of aliphatic hydroxyl groups excluding tert-OH is 1. The topological polar surface area (TPSA) is 42.2 Å². The van der Waals surface area contributed by atoms with Crippen LogP contribution in [0.3, 0.4) is 0 Å². The first kappa shape index (κ1) is 9.75. The lowest BCUT2D eigenvalue weighted by Crippen LogP contribution is -2.03. The normalized spacial score (nSPS) is 27.3. The minimum Gasteiger partial charge on any atom is -0.392 e. The van der Waals surface area contributed by atoms with Crippen molar-refractivity contribution in [2.75, 3.05) is 6.61 Å². The molecule has 0 aromatic heterocycles. The zero-order chi connectivity index (χ0) is 9.19. The fraction of sp³-hybridized carbons (Fsp3) is 0.800. The highest BCUT2D eigenvalue weighted by atomic mass is 16.2. The van der Waals surface area contributed by atoms with E-state index in [2.05, 4.69) is 26.1 Å². The van der Waals surface area contributed by atoms with Gasteiger partial charge in [0, 0.05) is 11.6 Å². The molecule has 1 rings (SSSR count). The Hall–Kier alpha value is -0.340.